The summed E-state index contributed by atoms with van der Waals surface area (Å²) in [4.78, 5) is 38.1. The average Bonchev–Trinajstić information content (AvgIpc) is 3.51. The topological polar surface area (TPSA) is 102 Å². The zero-order valence-corrected chi connectivity index (χ0v) is 22.9. The predicted octanol–water partition coefficient (Wildman–Crippen LogP) is 5.93. The molecule has 2 aromatic carbocycles. The standard InChI is InChI=1S/C25H20BrN3O5S2/c1-11-23(35-12(2)27-11)21(30)19-20(15-9-13(26)5-8-17(15)34-4)29(24(32)22(19)31)25-28-16-7-6-14(33-3)10-18(16)36-25/h5-10,20,31H,1-4H3. The van der Waals surface area contributed by atoms with Crippen molar-refractivity contribution in [1.29, 1.82) is 0 Å². The number of carbonyl (C=O) groups is 2. The summed E-state index contributed by atoms with van der Waals surface area (Å²) in [5.41, 5.74) is 1.70. The van der Waals surface area contributed by atoms with Crippen molar-refractivity contribution in [3.63, 3.8) is 0 Å². The Labute approximate surface area is 223 Å². The van der Waals surface area contributed by atoms with Crippen molar-refractivity contribution < 1.29 is 24.2 Å². The van der Waals surface area contributed by atoms with Crippen LogP contribution in [0.5, 0.6) is 11.5 Å². The summed E-state index contributed by atoms with van der Waals surface area (Å²) >= 11 is 5.97. The number of aliphatic hydroxyl groups is 1. The molecule has 1 aliphatic heterocycles. The molecule has 1 amide bonds. The molecule has 11 heteroatoms. The van der Waals surface area contributed by atoms with Gasteiger partial charge in [0.25, 0.3) is 5.91 Å². The Morgan fingerprint density at radius 2 is 1.86 bits per heavy atom. The number of aryl methyl sites for hydroxylation is 2. The Balaban J connectivity index is 1.73. The molecule has 1 N–H and O–H groups in total. The van der Waals surface area contributed by atoms with Crippen molar-refractivity contribution >= 4 is 65.6 Å². The Morgan fingerprint density at radius 1 is 1.08 bits per heavy atom. The number of ketones is 1. The van der Waals surface area contributed by atoms with Gasteiger partial charge in [0, 0.05) is 10.0 Å². The largest absolute Gasteiger partial charge is 0.503 e. The number of hydrogen-bond acceptors (Lipinski definition) is 9. The highest BCUT2D eigenvalue weighted by atomic mass is 79.9. The summed E-state index contributed by atoms with van der Waals surface area (Å²) in [5, 5.41) is 12.1. The monoisotopic (exact) mass is 585 g/mol. The molecule has 0 bridgehead atoms. The van der Waals surface area contributed by atoms with Gasteiger partial charge < -0.3 is 14.6 Å². The van der Waals surface area contributed by atoms with E-state index in [1.807, 2.05) is 6.07 Å². The molecule has 4 aromatic rings. The van der Waals surface area contributed by atoms with Crippen LogP contribution in [0.2, 0.25) is 0 Å². The number of aromatic nitrogens is 2. The fourth-order valence-electron chi connectivity index (χ4n) is 4.23. The molecule has 3 heterocycles. The molecular weight excluding hydrogens is 566 g/mol. The number of Topliss-reactive ketones (excluding diaryl/α,β-unsaturated/α-hetero) is 1. The van der Waals surface area contributed by atoms with Crippen molar-refractivity contribution in [2.45, 2.75) is 19.9 Å². The molecule has 1 unspecified atom stereocenters. The second-order valence-corrected chi connectivity index (χ2v) is 11.2. The van der Waals surface area contributed by atoms with Gasteiger partial charge in [0.15, 0.2) is 10.9 Å². The first-order chi connectivity index (χ1) is 17.2. The predicted molar refractivity (Wildman–Crippen MR) is 143 cm³/mol. The number of anilines is 1. The van der Waals surface area contributed by atoms with E-state index < -0.39 is 23.5 Å². The number of nitrogens with zero attached hydrogens (tertiary/aromatic N) is 3. The number of fused-ring (bicyclic) bond motifs is 1. The van der Waals surface area contributed by atoms with Gasteiger partial charge in [-0.05, 0) is 50.2 Å². The zero-order chi connectivity index (χ0) is 25.7. The number of halogens is 1. The Kier molecular flexibility index (Phi) is 6.31. The summed E-state index contributed by atoms with van der Waals surface area (Å²) in [5.74, 6) is -0.671. The molecular formula is C25H20BrN3O5S2. The lowest BCUT2D eigenvalue weighted by Crippen LogP contribution is -2.31. The Bertz CT molecular complexity index is 1580. The van der Waals surface area contributed by atoms with Crippen LogP contribution in [0.15, 0.2) is 52.2 Å². The Morgan fingerprint density at radius 3 is 2.53 bits per heavy atom. The average molecular weight is 586 g/mol. The third-order valence-corrected chi connectivity index (χ3v) is 8.42. The maximum Gasteiger partial charge on any atom is 0.296 e. The summed E-state index contributed by atoms with van der Waals surface area (Å²) in [6.45, 7) is 3.54. The van der Waals surface area contributed by atoms with Gasteiger partial charge >= 0.3 is 0 Å². The van der Waals surface area contributed by atoms with Gasteiger partial charge in [0.1, 0.15) is 17.5 Å². The van der Waals surface area contributed by atoms with Gasteiger partial charge in [-0.3, -0.25) is 14.5 Å². The summed E-state index contributed by atoms with van der Waals surface area (Å²) in [6.07, 6.45) is 0. The molecule has 0 radical (unpaired) electrons. The number of thiazole rings is 2. The number of hydrogen-bond donors (Lipinski definition) is 1. The van der Waals surface area contributed by atoms with Crippen LogP contribution in [0.3, 0.4) is 0 Å². The number of methoxy groups -OCH3 is 2. The van der Waals surface area contributed by atoms with Gasteiger partial charge in [-0.15, -0.1) is 11.3 Å². The van der Waals surface area contributed by atoms with Gasteiger partial charge in [0.05, 0.1) is 45.6 Å². The fraction of sp³-hybridized carbons (Fsp3) is 0.200. The number of carbonyl (C=O) groups excluding carboxylic acids is 2. The second kappa shape index (κ2) is 9.30. The second-order valence-electron chi connectivity index (χ2n) is 8.03. The van der Waals surface area contributed by atoms with E-state index in [1.54, 1.807) is 51.3 Å². The molecule has 2 aromatic heterocycles. The molecule has 0 fully saturated rings. The molecule has 36 heavy (non-hydrogen) atoms. The number of benzene rings is 2. The van der Waals surface area contributed by atoms with E-state index in [1.165, 1.54) is 34.7 Å². The highest BCUT2D eigenvalue weighted by Crippen LogP contribution is 2.47. The van der Waals surface area contributed by atoms with Gasteiger partial charge in [-0.2, -0.15) is 0 Å². The minimum atomic E-state index is -0.971. The quantitative estimate of drug-likeness (QED) is 0.280. The van der Waals surface area contributed by atoms with Crippen molar-refractivity contribution in [2.75, 3.05) is 19.1 Å². The first-order valence-electron chi connectivity index (χ1n) is 10.8. The van der Waals surface area contributed by atoms with Crippen LogP contribution in [0, 0.1) is 13.8 Å². The molecule has 184 valence electrons. The van der Waals surface area contributed by atoms with Crippen molar-refractivity contribution in [3.05, 3.63) is 73.3 Å². The number of rotatable bonds is 6. The van der Waals surface area contributed by atoms with Crippen LogP contribution in [-0.4, -0.2) is 41.0 Å². The highest BCUT2D eigenvalue weighted by molar-refractivity contribution is 9.10. The lowest BCUT2D eigenvalue weighted by atomic mass is 9.94. The van der Waals surface area contributed by atoms with E-state index in [4.69, 9.17) is 9.47 Å². The van der Waals surface area contributed by atoms with Crippen molar-refractivity contribution in [1.82, 2.24) is 9.97 Å². The van der Waals surface area contributed by atoms with Crippen LogP contribution in [0.25, 0.3) is 10.2 Å². The van der Waals surface area contributed by atoms with Gasteiger partial charge in [0.2, 0.25) is 5.78 Å². The molecule has 0 aliphatic carbocycles. The minimum Gasteiger partial charge on any atom is -0.503 e. The minimum absolute atomic E-state index is 0.0417. The smallest absolute Gasteiger partial charge is 0.296 e. The highest BCUT2D eigenvalue weighted by Gasteiger charge is 2.47. The molecule has 0 saturated carbocycles. The number of aliphatic hydroxyl groups excluding tert-OH is 1. The third-order valence-electron chi connectivity index (χ3n) is 5.84. The molecule has 1 aliphatic rings. The summed E-state index contributed by atoms with van der Waals surface area (Å²) < 4.78 is 12.4. The molecule has 8 nitrogen and oxygen atoms in total. The van der Waals surface area contributed by atoms with Crippen LogP contribution in [0.4, 0.5) is 5.13 Å². The molecule has 5 rings (SSSR count). The maximum absolute atomic E-state index is 13.8. The SMILES string of the molecule is COc1ccc2nc(N3C(=O)C(O)=C(C(=O)c4sc(C)nc4C)C3c3cc(Br)ccc3OC)sc2c1. The fourth-order valence-corrected chi connectivity index (χ4v) is 6.51. The lowest BCUT2D eigenvalue weighted by molar-refractivity contribution is -0.117. The van der Waals surface area contributed by atoms with Crippen LogP contribution < -0.4 is 14.4 Å². The molecule has 0 saturated heterocycles. The van der Waals surface area contributed by atoms with Gasteiger partial charge in [-0.25, -0.2) is 9.97 Å². The summed E-state index contributed by atoms with van der Waals surface area (Å²) in [7, 11) is 3.09. The number of ether oxygens (including phenoxy) is 2. The third kappa shape index (κ3) is 3.97. The first kappa shape index (κ1) is 24.4. The molecule has 0 spiro atoms. The van der Waals surface area contributed by atoms with Gasteiger partial charge in [-0.1, -0.05) is 27.3 Å². The lowest BCUT2D eigenvalue weighted by Gasteiger charge is -2.26. The normalized spacial score (nSPS) is 15.8. The van der Waals surface area contributed by atoms with E-state index in [0.717, 1.165) is 9.17 Å². The van der Waals surface area contributed by atoms with E-state index in [-0.39, 0.29) is 5.57 Å². The Hall–Kier alpha value is -3.28. The summed E-state index contributed by atoms with van der Waals surface area (Å²) in [6, 6.07) is 9.76. The van der Waals surface area contributed by atoms with Crippen LogP contribution >= 0.6 is 38.6 Å². The van der Waals surface area contributed by atoms with Crippen molar-refractivity contribution in [3.8, 4) is 11.5 Å². The van der Waals surface area contributed by atoms with Crippen LogP contribution in [0.1, 0.15) is 32.0 Å². The number of amides is 1. The molecule has 1 atom stereocenters. The van der Waals surface area contributed by atoms with E-state index in [9.17, 15) is 14.7 Å². The maximum atomic E-state index is 13.8. The van der Waals surface area contributed by atoms with Crippen LogP contribution in [-0.2, 0) is 4.79 Å². The van der Waals surface area contributed by atoms with E-state index in [2.05, 4.69) is 25.9 Å². The zero-order valence-electron chi connectivity index (χ0n) is 19.7. The van der Waals surface area contributed by atoms with E-state index >= 15 is 0 Å². The van der Waals surface area contributed by atoms with Crippen molar-refractivity contribution in [2.24, 2.45) is 0 Å². The van der Waals surface area contributed by atoms with E-state index in [0.29, 0.717) is 43.3 Å². The first-order valence-corrected chi connectivity index (χ1v) is 13.2.